The fourth-order valence-corrected chi connectivity index (χ4v) is 2.81. The van der Waals surface area contributed by atoms with Crippen molar-refractivity contribution in [2.75, 3.05) is 6.54 Å². The molecule has 2 aromatic heterocycles. The standard InChI is InChI=1S/C11H17N5O3S/c1-8-5-13-11(19-8)9(2)15-20(17,18)10-6-14-16(7-10)4-3-12/h5-7,9,15H,3-4,12H2,1-2H3. The van der Waals surface area contributed by atoms with Gasteiger partial charge in [0.2, 0.25) is 15.9 Å². The van der Waals surface area contributed by atoms with E-state index in [4.69, 9.17) is 10.2 Å². The van der Waals surface area contributed by atoms with Crippen molar-refractivity contribution < 1.29 is 12.8 Å². The Morgan fingerprint density at radius 2 is 2.25 bits per heavy atom. The van der Waals surface area contributed by atoms with Crippen molar-refractivity contribution in [1.29, 1.82) is 0 Å². The Morgan fingerprint density at radius 1 is 1.50 bits per heavy atom. The highest BCUT2D eigenvalue weighted by Crippen LogP contribution is 2.16. The molecule has 0 aliphatic carbocycles. The van der Waals surface area contributed by atoms with Gasteiger partial charge in [0.25, 0.3) is 0 Å². The molecule has 0 fully saturated rings. The van der Waals surface area contributed by atoms with Crippen LogP contribution in [0.25, 0.3) is 0 Å². The number of nitrogens with one attached hydrogen (secondary N) is 1. The van der Waals surface area contributed by atoms with E-state index in [0.29, 0.717) is 24.7 Å². The minimum Gasteiger partial charge on any atom is -0.444 e. The molecule has 0 amide bonds. The van der Waals surface area contributed by atoms with E-state index in [1.165, 1.54) is 17.1 Å². The molecule has 1 unspecified atom stereocenters. The lowest BCUT2D eigenvalue weighted by Crippen LogP contribution is -2.26. The Bertz CT molecular complexity index is 676. The quantitative estimate of drug-likeness (QED) is 0.786. The molecule has 0 saturated heterocycles. The van der Waals surface area contributed by atoms with Crippen LogP contribution in [0.3, 0.4) is 0 Å². The lowest BCUT2D eigenvalue weighted by atomic mass is 10.4. The van der Waals surface area contributed by atoms with Gasteiger partial charge in [-0.15, -0.1) is 0 Å². The Hall–Kier alpha value is -1.71. The maximum absolute atomic E-state index is 12.2. The van der Waals surface area contributed by atoms with Crippen molar-refractivity contribution in [3.8, 4) is 0 Å². The monoisotopic (exact) mass is 299 g/mol. The summed E-state index contributed by atoms with van der Waals surface area (Å²) in [6.07, 6.45) is 4.26. The van der Waals surface area contributed by atoms with E-state index in [2.05, 4.69) is 14.8 Å². The van der Waals surface area contributed by atoms with Crippen LogP contribution >= 0.6 is 0 Å². The van der Waals surface area contributed by atoms with Gasteiger partial charge in [0.15, 0.2) is 0 Å². The molecule has 0 radical (unpaired) electrons. The molecule has 110 valence electrons. The van der Waals surface area contributed by atoms with Crippen molar-refractivity contribution in [2.24, 2.45) is 5.73 Å². The molecule has 8 nitrogen and oxygen atoms in total. The Balaban J connectivity index is 2.13. The van der Waals surface area contributed by atoms with Crippen LogP contribution in [0.2, 0.25) is 0 Å². The molecule has 2 aromatic rings. The summed E-state index contributed by atoms with van der Waals surface area (Å²) in [6.45, 7) is 4.26. The summed E-state index contributed by atoms with van der Waals surface area (Å²) in [5, 5.41) is 3.93. The van der Waals surface area contributed by atoms with E-state index in [-0.39, 0.29) is 4.90 Å². The number of nitrogens with zero attached hydrogens (tertiary/aromatic N) is 3. The summed E-state index contributed by atoms with van der Waals surface area (Å²) in [6, 6.07) is -0.563. The number of hydrogen-bond acceptors (Lipinski definition) is 6. The minimum atomic E-state index is -3.67. The van der Waals surface area contributed by atoms with Crippen molar-refractivity contribution >= 4 is 10.0 Å². The van der Waals surface area contributed by atoms with E-state index in [9.17, 15) is 8.42 Å². The van der Waals surface area contributed by atoms with Gasteiger partial charge in [-0.05, 0) is 13.8 Å². The molecule has 0 bridgehead atoms. The summed E-state index contributed by atoms with van der Waals surface area (Å²) in [5.74, 6) is 0.947. The molecule has 3 N–H and O–H groups in total. The first kappa shape index (κ1) is 14.7. The molecule has 9 heteroatoms. The molecule has 0 saturated carbocycles. The first-order valence-electron chi connectivity index (χ1n) is 6.09. The van der Waals surface area contributed by atoms with E-state index in [0.717, 1.165) is 0 Å². The summed E-state index contributed by atoms with van der Waals surface area (Å²) in [5.41, 5.74) is 5.39. The van der Waals surface area contributed by atoms with Gasteiger partial charge in [-0.25, -0.2) is 13.4 Å². The fourth-order valence-electron chi connectivity index (χ4n) is 1.66. The number of nitrogens with two attached hydrogens (primary N) is 1. The highest BCUT2D eigenvalue weighted by atomic mass is 32.2. The Labute approximate surface area is 117 Å². The highest BCUT2D eigenvalue weighted by Gasteiger charge is 2.22. The third kappa shape index (κ3) is 3.24. The van der Waals surface area contributed by atoms with Gasteiger partial charge in [0, 0.05) is 12.7 Å². The molecule has 1 atom stereocenters. The van der Waals surface area contributed by atoms with E-state index < -0.39 is 16.1 Å². The van der Waals surface area contributed by atoms with Crippen LogP contribution in [0.15, 0.2) is 27.9 Å². The van der Waals surface area contributed by atoms with Crippen molar-refractivity contribution in [2.45, 2.75) is 31.3 Å². The first-order chi connectivity index (χ1) is 9.42. The topological polar surface area (TPSA) is 116 Å². The Morgan fingerprint density at radius 3 is 2.85 bits per heavy atom. The maximum atomic E-state index is 12.2. The number of aromatic nitrogens is 3. The van der Waals surface area contributed by atoms with Crippen LogP contribution in [0.1, 0.15) is 24.6 Å². The second-order valence-electron chi connectivity index (χ2n) is 4.38. The third-order valence-electron chi connectivity index (χ3n) is 2.62. The van der Waals surface area contributed by atoms with Crippen LogP contribution in [0, 0.1) is 6.92 Å². The van der Waals surface area contributed by atoms with Crippen LogP contribution in [0.4, 0.5) is 0 Å². The van der Waals surface area contributed by atoms with Gasteiger partial charge in [-0.3, -0.25) is 4.68 Å². The summed E-state index contributed by atoms with van der Waals surface area (Å²) >= 11 is 0. The van der Waals surface area contributed by atoms with Gasteiger partial charge in [-0.2, -0.15) is 9.82 Å². The van der Waals surface area contributed by atoms with E-state index in [1.807, 2.05) is 0 Å². The molecule has 2 rings (SSSR count). The zero-order valence-corrected chi connectivity index (χ0v) is 12.1. The number of hydrogen-bond donors (Lipinski definition) is 2. The lowest BCUT2D eigenvalue weighted by molar-refractivity contribution is 0.428. The van der Waals surface area contributed by atoms with Crippen LogP contribution in [-0.2, 0) is 16.6 Å². The summed E-state index contributed by atoms with van der Waals surface area (Å²) in [7, 11) is -3.67. The van der Waals surface area contributed by atoms with Gasteiger partial charge >= 0.3 is 0 Å². The normalized spacial score (nSPS) is 13.6. The SMILES string of the molecule is Cc1cnc(C(C)NS(=O)(=O)c2cnn(CCN)c2)o1. The summed E-state index contributed by atoms with van der Waals surface area (Å²) < 4.78 is 33.6. The molecule has 0 spiro atoms. The zero-order chi connectivity index (χ0) is 14.8. The van der Waals surface area contributed by atoms with Gasteiger partial charge < -0.3 is 10.2 Å². The number of aryl methyl sites for hydroxylation is 1. The Kier molecular flexibility index (Phi) is 4.21. The summed E-state index contributed by atoms with van der Waals surface area (Å²) in [4.78, 5) is 4.08. The smallest absolute Gasteiger partial charge is 0.244 e. The third-order valence-corrected chi connectivity index (χ3v) is 4.11. The van der Waals surface area contributed by atoms with Crippen LogP contribution < -0.4 is 10.5 Å². The van der Waals surface area contributed by atoms with Gasteiger partial charge in [0.05, 0.1) is 25.0 Å². The highest BCUT2D eigenvalue weighted by molar-refractivity contribution is 7.89. The van der Waals surface area contributed by atoms with E-state index >= 15 is 0 Å². The average molecular weight is 299 g/mol. The predicted octanol–water partition coefficient (Wildman–Crippen LogP) is 0.178. The number of oxazole rings is 1. The minimum absolute atomic E-state index is 0.0843. The predicted molar refractivity (Wildman–Crippen MR) is 71.3 cm³/mol. The largest absolute Gasteiger partial charge is 0.444 e. The van der Waals surface area contributed by atoms with Crippen molar-refractivity contribution in [3.63, 3.8) is 0 Å². The molecular formula is C11H17N5O3S. The molecule has 20 heavy (non-hydrogen) atoms. The van der Waals surface area contributed by atoms with Crippen molar-refractivity contribution in [1.82, 2.24) is 19.5 Å². The molecular weight excluding hydrogens is 282 g/mol. The lowest BCUT2D eigenvalue weighted by Gasteiger charge is -2.09. The molecule has 2 heterocycles. The number of sulfonamides is 1. The first-order valence-corrected chi connectivity index (χ1v) is 7.58. The zero-order valence-electron chi connectivity index (χ0n) is 11.3. The number of rotatable bonds is 6. The average Bonchev–Trinajstić information content (AvgIpc) is 2.98. The van der Waals surface area contributed by atoms with Crippen LogP contribution in [0.5, 0.6) is 0 Å². The molecule has 0 aliphatic rings. The van der Waals surface area contributed by atoms with Gasteiger partial charge in [0.1, 0.15) is 10.7 Å². The van der Waals surface area contributed by atoms with E-state index in [1.54, 1.807) is 20.0 Å². The second-order valence-corrected chi connectivity index (χ2v) is 6.09. The van der Waals surface area contributed by atoms with Crippen LogP contribution in [-0.4, -0.2) is 29.7 Å². The van der Waals surface area contributed by atoms with Gasteiger partial charge in [-0.1, -0.05) is 0 Å². The molecule has 0 aliphatic heterocycles. The van der Waals surface area contributed by atoms with Crippen molar-refractivity contribution in [3.05, 3.63) is 30.2 Å². The maximum Gasteiger partial charge on any atom is 0.244 e. The fraction of sp³-hybridized carbons (Fsp3) is 0.455. The molecule has 0 aromatic carbocycles. The second kappa shape index (κ2) is 5.73.